The van der Waals surface area contributed by atoms with Crippen LogP contribution in [0, 0.1) is 13.8 Å². The molecule has 0 fully saturated rings. The Bertz CT molecular complexity index is 388. The van der Waals surface area contributed by atoms with Crippen LogP contribution in [-0.2, 0) is 0 Å². The highest BCUT2D eigenvalue weighted by atomic mass is 127. The van der Waals surface area contributed by atoms with Gasteiger partial charge in [-0.05, 0) is 22.6 Å². The summed E-state index contributed by atoms with van der Waals surface area (Å²) < 4.78 is 24.6. The first-order chi connectivity index (χ1) is 6.43. The van der Waals surface area contributed by atoms with E-state index in [1.54, 1.807) is 22.6 Å². The molecule has 14 heavy (non-hydrogen) atoms. The van der Waals surface area contributed by atoms with Crippen molar-refractivity contribution in [1.82, 2.24) is 4.98 Å². The molecule has 1 aromatic rings. The minimum Gasteiger partial charge on any atom is -0.258 e. The van der Waals surface area contributed by atoms with E-state index in [1.165, 1.54) is 0 Å². The summed E-state index contributed by atoms with van der Waals surface area (Å²) in [6.07, 6.45) is -2.80. The Labute approximate surface area is 95.6 Å². The number of pyridine rings is 1. The molecule has 1 heterocycles. The van der Waals surface area contributed by atoms with Crippen LogP contribution in [0.1, 0.15) is 12.0 Å². The molecular formula is C6H2ClF2IN2O2. The Morgan fingerprint density at radius 3 is 2.64 bits per heavy atom. The number of halogens is 4. The standard InChI is InChI=1S/C6H2ClF2IN2O2/c7-4-3(12(13)14)1-2(5(8)9)6(10)11-4/h1,5H. The van der Waals surface area contributed by atoms with Crippen LogP contribution < -0.4 is 0 Å². The summed E-state index contributed by atoms with van der Waals surface area (Å²) in [6, 6.07) is 0.738. The molecule has 0 bridgehead atoms. The minimum absolute atomic E-state index is 0.0341. The summed E-state index contributed by atoms with van der Waals surface area (Å²) in [5, 5.41) is 9.96. The smallest absolute Gasteiger partial charge is 0.258 e. The molecule has 0 spiro atoms. The SMILES string of the molecule is O=[N+]([O-])c1cc(C(F)F)c(I)nc1Cl. The third-order valence-corrected chi connectivity index (χ3v) is 2.51. The summed E-state index contributed by atoms with van der Waals surface area (Å²) in [5.41, 5.74) is -1.09. The van der Waals surface area contributed by atoms with Gasteiger partial charge in [-0.25, -0.2) is 13.8 Å². The molecule has 8 heteroatoms. The van der Waals surface area contributed by atoms with Crippen molar-refractivity contribution in [2.75, 3.05) is 0 Å². The van der Waals surface area contributed by atoms with Gasteiger partial charge in [0.05, 0.1) is 10.5 Å². The van der Waals surface area contributed by atoms with Crippen LogP contribution in [0.25, 0.3) is 0 Å². The van der Waals surface area contributed by atoms with Crippen molar-refractivity contribution < 1.29 is 13.7 Å². The summed E-state index contributed by atoms with van der Waals surface area (Å²) in [4.78, 5) is 12.9. The van der Waals surface area contributed by atoms with Gasteiger partial charge in [-0.3, -0.25) is 10.1 Å². The first-order valence-electron chi connectivity index (χ1n) is 3.22. The fourth-order valence-electron chi connectivity index (χ4n) is 0.755. The number of nitrogens with zero attached hydrogens (tertiary/aromatic N) is 2. The molecule has 0 radical (unpaired) electrons. The lowest BCUT2D eigenvalue weighted by molar-refractivity contribution is -0.385. The van der Waals surface area contributed by atoms with Gasteiger partial charge >= 0.3 is 5.69 Å². The van der Waals surface area contributed by atoms with Crippen molar-refractivity contribution in [3.8, 4) is 0 Å². The molecule has 0 aliphatic heterocycles. The van der Waals surface area contributed by atoms with Gasteiger partial charge in [0.1, 0.15) is 3.70 Å². The van der Waals surface area contributed by atoms with Gasteiger partial charge in [0, 0.05) is 6.07 Å². The topological polar surface area (TPSA) is 56.0 Å². The van der Waals surface area contributed by atoms with E-state index in [-0.39, 0.29) is 8.85 Å². The maximum absolute atomic E-state index is 12.3. The van der Waals surface area contributed by atoms with Gasteiger partial charge in [-0.15, -0.1) is 0 Å². The fraction of sp³-hybridized carbons (Fsp3) is 0.167. The predicted octanol–water partition coefficient (Wildman–Crippen LogP) is 3.19. The lowest BCUT2D eigenvalue weighted by Gasteiger charge is -2.02. The average molecular weight is 334 g/mol. The van der Waals surface area contributed by atoms with Gasteiger partial charge in [0.2, 0.25) is 5.15 Å². The van der Waals surface area contributed by atoms with E-state index in [2.05, 4.69) is 4.98 Å². The first kappa shape index (κ1) is 11.5. The Kier molecular flexibility index (Phi) is 3.53. The quantitative estimate of drug-likeness (QED) is 0.361. The van der Waals surface area contributed by atoms with Gasteiger partial charge in [0.15, 0.2) is 0 Å². The molecule has 0 aliphatic rings. The molecule has 0 aromatic carbocycles. The van der Waals surface area contributed by atoms with Crippen LogP contribution in [-0.4, -0.2) is 9.91 Å². The van der Waals surface area contributed by atoms with Crippen molar-refractivity contribution >= 4 is 39.9 Å². The summed E-state index contributed by atoms with van der Waals surface area (Å²) >= 11 is 6.94. The second kappa shape index (κ2) is 4.30. The number of nitro groups is 1. The molecule has 0 aliphatic carbocycles. The normalized spacial score (nSPS) is 10.6. The van der Waals surface area contributed by atoms with Crippen LogP contribution >= 0.6 is 34.2 Å². The van der Waals surface area contributed by atoms with Crippen molar-refractivity contribution in [2.45, 2.75) is 6.43 Å². The Hall–Kier alpha value is -0.570. The van der Waals surface area contributed by atoms with Crippen molar-refractivity contribution in [2.24, 2.45) is 0 Å². The maximum atomic E-state index is 12.3. The molecule has 0 saturated heterocycles. The predicted molar refractivity (Wildman–Crippen MR) is 53.6 cm³/mol. The Morgan fingerprint density at radius 1 is 1.64 bits per heavy atom. The average Bonchev–Trinajstić information content (AvgIpc) is 2.02. The lowest BCUT2D eigenvalue weighted by Crippen LogP contribution is -1.98. The van der Waals surface area contributed by atoms with E-state index in [0.29, 0.717) is 0 Å². The molecule has 0 unspecified atom stereocenters. The van der Waals surface area contributed by atoms with E-state index < -0.39 is 22.6 Å². The second-order valence-corrected chi connectivity index (χ2v) is 3.62. The zero-order chi connectivity index (χ0) is 10.9. The highest BCUT2D eigenvalue weighted by Gasteiger charge is 2.21. The highest BCUT2D eigenvalue weighted by molar-refractivity contribution is 14.1. The van der Waals surface area contributed by atoms with Gasteiger partial charge in [-0.2, -0.15) is 0 Å². The van der Waals surface area contributed by atoms with E-state index >= 15 is 0 Å². The largest absolute Gasteiger partial charge is 0.307 e. The monoisotopic (exact) mass is 334 g/mol. The molecule has 0 amide bonds. The third kappa shape index (κ3) is 2.27. The zero-order valence-electron chi connectivity index (χ0n) is 6.38. The van der Waals surface area contributed by atoms with Crippen molar-refractivity contribution in [1.29, 1.82) is 0 Å². The fourth-order valence-corrected chi connectivity index (χ4v) is 1.74. The Balaban J connectivity index is 3.34. The van der Waals surface area contributed by atoms with Crippen LogP contribution in [0.15, 0.2) is 6.07 Å². The van der Waals surface area contributed by atoms with Crippen molar-refractivity contribution in [3.05, 3.63) is 30.6 Å². The number of hydrogen-bond donors (Lipinski definition) is 0. The van der Waals surface area contributed by atoms with Crippen LogP contribution in [0.5, 0.6) is 0 Å². The van der Waals surface area contributed by atoms with Crippen LogP contribution in [0.3, 0.4) is 0 Å². The summed E-state index contributed by atoms with van der Waals surface area (Å²) in [7, 11) is 0. The molecular weight excluding hydrogens is 332 g/mol. The zero-order valence-corrected chi connectivity index (χ0v) is 9.29. The van der Waals surface area contributed by atoms with Gasteiger partial charge in [0.25, 0.3) is 6.43 Å². The molecule has 1 aromatic heterocycles. The lowest BCUT2D eigenvalue weighted by atomic mass is 10.3. The van der Waals surface area contributed by atoms with E-state index in [9.17, 15) is 18.9 Å². The number of rotatable bonds is 2. The number of aromatic nitrogens is 1. The third-order valence-electron chi connectivity index (χ3n) is 1.37. The molecule has 0 N–H and O–H groups in total. The number of hydrogen-bond acceptors (Lipinski definition) is 3. The van der Waals surface area contributed by atoms with Crippen molar-refractivity contribution in [3.63, 3.8) is 0 Å². The van der Waals surface area contributed by atoms with Gasteiger partial charge in [-0.1, -0.05) is 11.6 Å². The highest BCUT2D eigenvalue weighted by Crippen LogP contribution is 2.30. The number of alkyl halides is 2. The first-order valence-corrected chi connectivity index (χ1v) is 4.67. The minimum atomic E-state index is -2.80. The molecule has 1 rings (SSSR count). The molecule has 0 saturated carbocycles. The maximum Gasteiger partial charge on any atom is 0.307 e. The van der Waals surface area contributed by atoms with Crippen LogP contribution in [0.4, 0.5) is 14.5 Å². The van der Waals surface area contributed by atoms with E-state index in [4.69, 9.17) is 11.6 Å². The molecule has 4 nitrogen and oxygen atoms in total. The Morgan fingerprint density at radius 2 is 2.21 bits per heavy atom. The molecule has 76 valence electrons. The van der Waals surface area contributed by atoms with E-state index in [1.807, 2.05) is 0 Å². The summed E-state index contributed by atoms with van der Waals surface area (Å²) in [6.45, 7) is 0. The summed E-state index contributed by atoms with van der Waals surface area (Å²) in [5.74, 6) is 0. The van der Waals surface area contributed by atoms with E-state index in [0.717, 1.165) is 6.07 Å². The van der Waals surface area contributed by atoms with Crippen LogP contribution in [0.2, 0.25) is 5.15 Å². The van der Waals surface area contributed by atoms with Gasteiger partial charge < -0.3 is 0 Å². The second-order valence-electron chi connectivity index (χ2n) is 2.24. The molecule has 0 atom stereocenters.